The molecule has 0 aliphatic carbocycles. The monoisotopic (exact) mass is 543 g/mol. The highest BCUT2D eigenvalue weighted by Crippen LogP contribution is 2.21. The molecule has 1 aromatic carbocycles. The normalized spacial score (nSPS) is 11.5. The van der Waals surface area contributed by atoms with Gasteiger partial charge in [-0.05, 0) is 31.4 Å². The minimum Gasteiger partial charge on any atom is -0.375 e. The number of benzene rings is 1. The van der Waals surface area contributed by atoms with Crippen molar-refractivity contribution in [2.24, 2.45) is 4.99 Å². The highest BCUT2D eigenvalue weighted by atomic mass is 127. The Morgan fingerprint density at radius 1 is 1.00 bits per heavy atom. The number of halogens is 4. The second-order valence-corrected chi connectivity index (χ2v) is 6.99. The van der Waals surface area contributed by atoms with Gasteiger partial charge in [-0.2, -0.15) is 13.2 Å². The van der Waals surface area contributed by atoms with Crippen LogP contribution in [0.4, 0.5) is 18.9 Å². The lowest BCUT2D eigenvalue weighted by Crippen LogP contribution is -2.40. The van der Waals surface area contributed by atoms with Crippen molar-refractivity contribution in [3.63, 3.8) is 0 Å². The number of guanidine groups is 1. The summed E-state index contributed by atoms with van der Waals surface area (Å²) in [5, 5.41) is 6.15. The Labute approximate surface area is 194 Å². The first kappa shape index (κ1) is 28.3. The number of nitrogens with one attached hydrogen (secondary N) is 2. The molecule has 1 rings (SSSR count). The zero-order valence-corrected chi connectivity index (χ0v) is 20.2. The van der Waals surface area contributed by atoms with Crippen LogP contribution in [0.5, 0.6) is 0 Å². The molecule has 0 saturated carbocycles. The molecular formula is C20H33F3IN5O. The number of hydrogen-bond acceptors (Lipinski definition) is 3. The fraction of sp³-hybridized carbons (Fsp3) is 0.600. The topological polar surface area (TPSA) is 60.0 Å². The number of nitrogens with zero attached hydrogens (tertiary/aromatic N) is 3. The van der Waals surface area contributed by atoms with Crippen molar-refractivity contribution in [2.75, 3.05) is 52.2 Å². The van der Waals surface area contributed by atoms with Gasteiger partial charge in [0.25, 0.3) is 0 Å². The molecule has 0 aliphatic rings. The molecule has 0 unspecified atom stereocenters. The van der Waals surface area contributed by atoms with Crippen LogP contribution in [0.3, 0.4) is 0 Å². The minimum absolute atomic E-state index is 0. The summed E-state index contributed by atoms with van der Waals surface area (Å²) in [6.45, 7) is 1.80. The van der Waals surface area contributed by atoms with E-state index in [2.05, 4.69) is 20.5 Å². The molecule has 0 aromatic heterocycles. The molecule has 0 bridgehead atoms. The molecule has 0 aliphatic heterocycles. The Balaban J connectivity index is 0.00000841. The largest absolute Gasteiger partial charge is 0.389 e. The fourth-order valence-corrected chi connectivity index (χ4v) is 2.45. The maximum atomic E-state index is 12.2. The van der Waals surface area contributed by atoms with E-state index in [1.54, 1.807) is 14.1 Å². The van der Waals surface area contributed by atoms with Gasteiger partial charge < -0.3 is 20.4 Å². The summed E-state index contributed by atoms with van der Waals surface area (Å²) in [5.41, 5.74) is 1.13. The van der Waals surface area contributed by atoms with Crippen LogP contribution in [-0.2, 0) is 4.79 Å². The summed E-state index contributed by atoms with van der Waals surface area (Å²) in [5.74, 6) is 0.293. The number of alkyl halides is 3. The highest BCUT2D eigenvalue weighted by molar-refractivity contribution is 14.0. The molecule has 6 nitrogen and oxygen atoms in total. The first-order valence-corrected chi connectivity index (χ1v) is 9.74. The summed E-state index contributed by atoms with van der Waals surface area (Å²) in [7, 11) is 5.31. The van der Waals surface area contributed by atoms with E-state index >= 15 is 0 Å². The lowest BCUT2D eigenvalue weighted by atomic mass is 10.2. The van der Waals surface area contributed by atoms with Gasteiger partial charge in [0.05, 0.1) is 0 Å². The summed E-state index contributed by atoms with van der Waals surface area (Å²) < 4.78 is 36.7. The Morgan fingerprint density at radius 2 is 1.60 bits per heavy atom. The SMILES string of the molecule is CN(C)C(=O)CN=C(NCCCCC(F)(F)F)NCCCN(C)c1ccccc1.I. The average molecular weight is 543 g/mol. The van der Waals surface area contributed by atoms with Gasteiger partial charge in [-0.3, -0.25) is 4.79 Å². The molecule has 0 saturated heterocycles. The Morgan fingerprint density at radius 3 is 2.17 bits per heavy atom. The number of aliphatic imine (C=N–C) groups is 1. The van der Waals surface area contributed by atoms with Crippen LogP contribution >= 0.6 is 24.0 Å². The first-order chi connectivity index (χ1) is 13.7. The van der Waals surface area contributed by atoms with Gasteiger partial charge in [0, 0.05) is 52.9 Å². The van der Waals surface area contributed by atoms with E-state index in [-0.39, 0.29) is 42.8 Å². The number of carbonyl (C=O) groups excluding carboxylic acids is 1. The predicted octanol–water partition coefficient (Wildman–Crippen LogP) is 3.49. The van der Waals surface area contributed by atoms with Crippen LogP contribution in [-0.4, -0.2) is 70.3 Å². The van der Waals surface area contributed by atoms with Gasteiger partial charge in [-0.15, -0.1) is 24.0 Å². The standard InChI is InChI=1S/C20H32F3N5O.HI/c1-27(2)18(29)16-26-19(24-13-8-7-12-20(21,22)23)25-14-9-15-28(3)17-10-5-4-6-11-17;/h4-6,10-11H,7-9,12-16H2,1-3H3,(H2,24,25,26);1H. The third-order valence-corrected chi connectivity index (χ3v) is 4.21. The third-order valence-electron chi connectivity index (χ3n) is 4.21. The van der Waals surface area contributed by atoms with Crippen LogP contribution < -0.4 is 15.5 Å². The van der Waals surface area contributed by atoms with E-state index < -0.39 is 12.6 Å². The average Bonchev–Trinajstić information content (AvgIpc) is 2.67. The van der Waals surface area contributed by atoms with E-state index in [9.17, 15) is 18.0 Å². The van der Waals surface area contributed by atoms with Gasteiger partial charge >= 0.3 is 6.18 Å². The molecule has 30 heavy (non-hydrogen) atoms. The zero-order chi connectivity index (χ0) is 21.7. The fourth-order valence-electron chi connectivity index (χ4n) is 2.45. The van der Waals surface area contributed by atoms with Gasteiger partial charge in [0.1, 0.15) is 6.54 Å². The molecule has 172 valence electrons. The van der Waals surface area contributed by atoms with Crippen molar-refractivity contribution in [1.29, 1.82) is 0 Å². The summed E-state index contributed by atoms with van der Waals surface area (Å²) >= 11 is 0. The Hall–Kier alpha value is -1.72. The van der Waals surface area contributed by atoms with Gasteiger partial charge in [-0.1, -0.05) is 18.2 Å². The molecule has 0 heterocycles. The van der Waals surface area contributed by atoms with Crippen molar-refractivity contribution >= 4 is 41.5 Å². The maximum absolute atomic E-state index is 12.2. The van der Waals surface area contributed by atoms with Crippen molar-refractivity contribution in [1.82, 2.24) is 15.5 Å². The molecular weight excluding hydrogens is 510 g/mol. The summed E-state index contributed by atoms with van der Waals surface area (Å²) in [6, 6.07) is 10.0. The Bertz CT molecular complexity index is 627. The Kier molecular flexibility index (Phi) is 14.3. The molecule has 0 radical (unpaired) electrons. The molecule has 0 atom stereocenters. The number of rotatable bonds is 11. The van der Waals surface area contributed by atoms with Gasteiger partial charge in [-0.25, -0.2) is 4.99 Å². The van der Waals surface area contributed by atoms with Crippen LogP contribution in [0.2, 0.25) is 0 Å². The van der Waals surface area contributed by atoms with Crippen molar-refractivity contribution in [3.05, 3.63) is 30.3 Å². The number of anilines is 1. The smallest absolute Gasteiger partial charge is 0.375 e. The number of unbranched alkanes of at least 4 members (excludes halogenated alkanes) is 1. The summed E-state index contributed by atoms with van der Waals surface area (Å²) in [6.07, 6.45) is -3.65. The van der Waals surface area contributed by atoms with E-state index in [4.69, 9.17) is 0 Å². The quantitative estimate of drug-likeness (QED) is 0.194. The number of amides is 1. The molecule has 1 amide bonds. The van der Waals surface area contributed by atoms with E-state index in [1.807, 2.05) is 37.4 Å². The molecule has 10 heteroatoms. The predicted molar refractivity (Wildman–Crippen MR) is 127 cm³/mol. The van der Waals surface area contributed by atoms with E-state index in [1.165, 1.54) is 4.90 Å². The lowest BCUT2D eigenvalue weighted by Gasteiger charge is -2.20. The van der Waals surface area contributed by atoms with Crippen LogP contribution in [0, 0.1) is 0 Å². The third kappa shape index (κ3) is 13.5. The van der Waals surface area contributed by atoms with E-state index in [0.29, 0.717) is 25.5 Å². The van der Waals surface area contributed by atoms with E-state index in [0.717, 1.165) is 18.7 Å². The van der Waals surface area contributed by atoms with Gasteiger partial charge in [0.2, 0.25) is 5.91 Å². The molecule has 0 fully saturated rings. The first-order valence-electron chi connectivity index (χ1n) is 9.74. The molecule has 0 spiro atoms. The number of para-hydroxylation sites is 1. The van der Waals surface area contributed by atoms with Crippen molar-refractivity contribution in [2.45, 2.75) is 31.9 Å². The second kappa shape index (κ2) is 15.1. The van der Waals surface area contributed by atoms with Crippen molar-refractivity contribution < 1.29 is 18.0 Å². The lowest BCUT2D eigenvalue weighted by molar-refractivity contribution is -0.135. The van der Waals surface area contributed by atoms with Crippen LogP contribution in [0.1, 0.15) is 25.7 Å². The van der Waals surface area contributed by atoms with Crippen LogP contribution in [0.25, 0.3) is 0 Å². The maximum Gasteiger partial charge on any atom is 0.389 e. The highest BCUT2D eigenvalue weighted by Gasteiger charge is 2.25. The number of carbonyl (C=O) groups is 1. The molecule has 2 N–H and O–H groups in total. The van der Waals surface area contributed by atoms with Crippen molar-refractivity contribution in [3.8, 4) is 0 Å². The molecule has 1 aromatic rings. The summed E-state index contributed by atoms with van der Waals surface area (Å²) in [4.78, 5) is 19.6. The number of likely N-dealkylation sites (N-methyl/N-ethyl adjacent to an activating group) is 1. The second-order valence-electron chi connectivity index (χ2n) is 6.99. The van der Waals surface area contributed by atoms with Crippen LogP contribution in [0.15, 0.2) is 35.3 Å². The minimum atomic E-state index is -4.13. The zero-order valence-electron chi connectivity index (χ0n) is 17.8. The number of hydrogen-bond donors (Lipinski definition) is 2. The van der Waals surface area contributed by atoms with Gasteiger partial charge in [0.15, 0.2) is 5.96 Å².